The van der Waals surface area contributed by atoms with Crippen molar-refractivity contribution in [2.75, 3.05) is 19.7 Å². The van der Waals surface area contributed by atoms with Crippen LogP contribution in [0.25, 0.3) is 0 Å². The number of carbonyl (C=O) groups excluding carboxylic acids is 1. The number of hydrogen-bond acceptors (Lipinski definition) is 4. The molecule has 0 spiro atoms. The third kappa shape index (κ3) is 5.36. The van der Waals surface area contributed by atoms with E-state index in [0.29, 0.717) is 19.5 Å². The molecule has 1 aromatic rings. The molecule has 1 fully saturated rings. The lowest BCUT2D eigenvalue weighted by molar-refractivity contribution is -0.121. The SMILES string of the molecule is O=C(CCNCc1ccncc1)NCC1CCCO1. The number of nitrogens with one attached hydrogen (secondary N) is 2. The molecule has 1 aromatic heterocycles. The Bertz CT molecular complexity index is 378. The van der Waals surface area contributed by atoms with Gasteiger partial charge in [0.25, 0.3) is 0 Å². The van der Waals surface area contributed by atoms with Crippen LogP contribution in [0.5, 0.6) is 0 Å². The summed E-state index contributed by atoms with van der Waals surface area (Å²) in [6.07, 6.45) is 6.41. The van der Waals surface area contributed by atoms with E-state index in [2.05, 4.69) is 15.6 Å². The predicted molar refractivity (Wildman–Crippen MR) is 72.5 cm³/mol. The van der Waals surface area contributed by atoms with Gasteiger partial charge in [0, 0.05) is 45.1 Å². The van der Waals surface area contributed by atoms with E-state index in [-0.39, 0.29) is 12.0 Å². The Labute approximate surface area is 113 Å². The maximum atomic E-state index is 11.6. The van der Waals surface area contributed by atoms with Crippen molar-refractivity contribution in [3.63, 3.8) is 0 Å². The summed E-state index contributed by atoms with van der Waals surface area (Å²) in [5.41, 5.74) is 1.18. The first-order chi connectivity index (χ1) is 9.34. The van der Waals surface area contributed by atoms with E-state index in [1.807, 2.05) is 12.1 Å². The number of ether oxygens (including phenoxy) is 1. The van der Waals surface area contributed by atoms with Crippen LogP contribution in [0, 0.1) is 0 Å². The van der Waals surface area contributed by atoms with Crippen LogP contribution in [0.1, 0.15) is 24.8 Å². The standard InChI is InChI=1S/C14H21N3O2/c18-14(17-11-13-2-1-9-19-13)5-8-16-10-12-3-6-15-7-4-12/h3-4,6-7,13,16H,1-2,5,8-11H2,(H,17,18). The minimum absolute atomic E-state index is 0.0812. The summed E-state index contributed by atoms with van der Waals surface area (Å²) in [7, 11) is 0. The average molecular weight is 263 g/mol. The van der Waals surface area contributed by atoms with Crippen LogP contribution in [0.2, 0.25) is 0 Å². The van der Waals surface area contributed by atoms with E-state index in [4.69, 9.17) is 4.74 Å². The number of amides is 1. The molecule has 2 heterocycles. The largest absolute Gasteiger partial charge is 0.376 e. The fraction of sp³-hybridized carbons (Fsp3) is 0.571. The zero-order chi connectivity index (χ0) is 13.3. The Hall–Kier alpha value is -1.46. The Morgan fingerprint density at radius 3 is 3.00 bits per heavy atom. The number of rotatable bonds is 7. The van der Waals surface area contributed by atoms with Gasteiger partial charge in [-0.05, 0) is 30.5 Å². The van der Waals surface area contributed by atoms with Crippen molar-refractivity contribution >= 4 is 5.91 Å². The predicted octanol–water partition coefficient (Wildman–Crippen LogP) is 0.856. The van der Waals surface area contributed by atoms with Crippen LogP contribution in [0.3, 0.4) is 0 Å². The minimum atomic E-state index is 0.0812. The smallest absolute Gasteiger partial charge is 0.221 e. The summed E-state index contributed by atoms with van der Waals surface area (Å²) in [4.78, 5) is 15.6. The van der Waals surface area contributed by atoms with Crippen molar-refractivity contribution in [2.45, 2.75) is 31.9 Å². The molecule has 1 aliphatic rings. The maximum absolute atomic E-state index is 11.6. The van der Waals surface area contributed by atoms with Crippen molar-refractivity contribution in [3.8, 4) is 0 Å². The van der Waals surface area contributed by atoms with Crippen molar-refractivity contribution in [1.82, 2.24) is 15.6 Å². The molecule has 1 atom stereocenters. The molecule has 0 aromatic carbocycles. The molecular weight excluding hydrogens is 242 g/mol. The number of nitrogens with zero attached hydrogens (tertiary/aromatic N) is 1. The summed E-state index contributed by atoms with van der Waals surface area (Å²) in [5.74, 6) is 0.0812. The quantitative estimate of drug-likeness (QED) is 0.716. The van der Waals surface area contributed by atoms with Crippen molar-refractivity contribution in [1.29, 1.82) is 0 Å². The Balaban J connectivity index is 1.51. The van der Waals surface area contributed by atoms with Crippen molar-refractivity contribution in [3.05, 3.63) is 30.1 Å². The minimum Gasteiger partial charge on any atom is -0.376 e. The van der Waals surface area contributed by atoms with Crippen LogP contribution in [-0.4, -0.2) is 36.7 Å². The second-order valence-electron chi connectivity index (χ2n) is 4.72. The highest BCUT2D eigenvalue weighted by Gasteiger charge is 2.15. The highest BCUT2D eigenvalue weighted by molar-refractivity contribution is 5.76. The summed E-state index contributed by atoms with van der Waals surface area (Å²) in [5, 5.41) is 6.15. The van der Waals surface area contributed by atoms with Crippen LogP contribution >= 0.6 is 0 Å². The second kappa shape index (κ2) is 7.86. The Morgan fingerprint density at radius 1 is 1.42 bits per heavy atom. The second-order valence-corrected chi connectivity index (χ2v) is 4.72. The van der Waals surface area contributed by atoms with Gasteiger partial charge in [0.05, 0.1) is 6.10 Å². The average Bonchev–Trinajstić information content (AvgIpc) is 2.96. The first kappa shape index (κ1) is 14.0. The molecule has 2 N–H and O–H groups in total. The van der Waals surface area contributed by atoms with Gasteiger partial charge in [-0.2, -0.15) is 0 Å². The molecule has 19 heavy (non-hydrogen) atoms. The normalized spacial score (nSPS) is 18.4. The summed E-state index contributed by atoms with van der Waals surface area (Å²) < 4.78 is 5.45. The van der Waals surface area contributed by atoms with Crippen LogP contribution in [-0.2, 0) is 16.1 Å². The Kier molecular flexibility index (Phi) is 5.78. The number of carbonyl (C=O) groups is 1. The van der Waals surface area contributed by atoms with Crippen LogP contribution < -0.4 is 10.6 Å². The molecule has 0 radical (unpaired) electrons. The first-order valence-corrected chi connectivity index (χ1v) is 6.82. The third-order valence-corrected chi connectivity index (χ3v) is 3.16. The van der Waals surface area contributed by atoms with E-state index < -0.39 is 0 Å². The van der Waals surface area contributed by atoms with E-state index in [9.17, 15) is 4.79 Å². The number of pyridine rings is 1. The van der Waals surface area contributed by atoms with E-state index in [1.54, 1.807) is 12.4 Å². The zero-order valence-corrected chi connectivity index (χ0v) is 11.1. The van der Waals surface area contributed by atoms with Gasteiger partial charge in [0.15, 0.2) is 0 Å². The zero-order valence-electron chi connectivity index (χ0n) is 11.1. The van der Waals surface area contributed by atoms with E-state index >= 15 is 0 Å². The summed E-state index contributed by atoms with van der Waals surface area (Å²) in [6, 6.07) is 3.93. The van der Waals surface area contributed by atoms with Gasteiger partial charge in [0.2, 0.25) is 5.91 Å². The number of hydrogen-bond donors (Lipinski definition) is 2. The van der Waals surface area contributed by atoms with Gasteiger partial charge >= 0.3 is 0 Å². The molecule has 1 unspecified atom stereocenters. The van der Waals surface area contributed by atoms with Gasteiger partial charge in [0.1, 0.15) is 0 Å². The molecule has 1 aliphatic heterocycles. The first-order valence-electron chi connectivity index (χ1n) is 6.82. The third-order valence-electron chi connectivity index (χ3n) is 3.16. The lowest BCUT2D eigenvalue weighted by atomic mass is 10.2. The molecule has 1 amide bonds. The fourth-order valence-electron chi connectivity index (χ4n) is 2.06. The van der Waals surface area contributed by atoms with Gasteiger partial charge in [-0.3, -0.25) is 9.78 Å². The Morgan fingerprint density at radius 2 is 2.26 bits per heavy atom. The van der Waals surface area contributed by atoms with Crippen LogP contribution in [0.15, 0.2) is 24.5 Å². The number of aromatic nitrogens is 1. The lowest BCUT2D eigenvalue weighted by Gasteiger charge is -2.11. The molecule has 0 aliphatic carbocycles. The lowest BCUT2D eigenvalue weighted by Crippen LogP contribution is -2.33. The van der Waals surface area contributed by atoms with E-state index in [1.165, 1.54) is 5.56 Å². The van der Waals surface area contributed by atoms with Crippen LogP contribution in [0.4, 0.5) is 0 Å². The molecule has 0 saturated carbocycles. The summed E-state index contributed by atoms with van der Waals surface area (Å²) >= 11 is 0. The highest BCUT2D eigenvalue weighted by atomic mass is 16.5. The van der Waals surface area contributed by atoms with E-state index in [0.717, 1.165) is 26.0 Å². The fourth-order valence-corrected chi connectivity index (χ4v) is 2.06. The van der Waals surface area contributed by atoms with Crippen molar-refractivity contribution in [2.24, 2.45) is 0 Å². The van der Waals surface area contributed by atoms with Gasteiger partial charge < -0.3 is 15.4 Å². The molecule has 2 rings (SSSR count). The summed E-state index contributed by atoms with van der Waals surface area (Å²) in [6.45, 7) is 2.92. The van der Waals surface area contributed by atoms with Gasteiger partial charge in [-0.15, -0.1) is 0 Å². The topological polar surface area (TPSA) is 63.2 Å². The molecule has 0 bridgehead atoms. The maximum Gasteiger partial charge on any atom is 0.221 e. The van der Waals surface area contributed by atoms with Gasteiger partial charge in [-0.1, -0.05) is 0 Å². The molecule has 5 nitrogen and oxygen atoms in total. The van der Waals surface area contributed by atoms with Crippen molar-refractivity contribution < 1.29 is 9.53 Å². The molecular formula is C14H21N3O2. The highest BCUT2D eigenvalue weighted by Crippen LogP contribution is 2.10. The molecule has 1 saturated heterocycles. The monoisotopic (exact) mass is 263 g/mol. The molecule has 5 heteroatoms. The van der Waals surface area contributed by atoms with Gasteiger partial charge in [-0.25, -0.2) is 0 Å². The molecule has 104 valence electrons.